The van der Waals surface area contributed by atoms with E-state index in [9.17, 15) is 4.39 Å². The number of benzene rings is 1. The second kappa shape index (κ2) is 5.43. The molecule has 5 heteroatoms. The van der Waals surface area contributed by atoms with Crippen LogP contribution in [0.3, 0.4) is 0 Å². The maximum absolute atomic E-state index is 13.2. The molecule has 1 aliphatic rings. The van der Waals surface area contributed by atoms with Gasteiger partial charge >= 0.3 is 0 Å². The first-order chi connectivity index (χ1) is 10.1. The molecule has 2 aromatic rings. The van der Waals surface area contributed by atoms with Crippen LogP contribution in [0.4, 0.5) is 4.39 Å². The molecule has 21 heavy (non-hydrogen) atoms. The van der Waals surface area contributed by atoms with E-state index < -0.39 is 0 Å². The van der Waals surface area contributed by atoms with E-state index in [0.717, 1.165) is 48.0 Å². The summed E-state index contributed by atoms with van der Waals surface area (Å²) in [5.74, 6) is -0.200. The lowest BCUT2D eigenvalue weighted by molar-refractivity contribution is 0.268. The minimum absolute atomic E-state index is 0.0171. The molecule has 0 atom stereocenters. The number of halogens is 2. The van der Waals surface area contributed by atoms with E-state index in [2.05, 4.69) is 17.3 Å². The molecule has 112 valence electrons. The smallest absolute Gasteiger partial charge is 0.123 e. The Morgan fingerprint density at radius 1 is 1.33 bits per heavy atom. The highest BCUT2D eigenvalue weighted by molar-refractivity contribution is 6.31. The largest absolute Gasteiger partial charge is 0.315 e. The zero-order valence-corrected chi connectivity index (χ0v) is 13.0. The van der Waals surface area contributed by atoms with E-state index >= 15 is 0 Å². The van der Waals surface area contributed by atoms with Crippen molar-refractivity contribution in [2.24, 2.45) is 0 Å². The van der Waals surface area contributed by atoms with Gasteiger partial charge in [-0.15, -0.1) is 0 Å². The Labute approximate surface area is 129 Å². The molecule has 1 aromatic heterocycles. The van der Waals surface area contributed by atoms with Gasteiger partial charge in [-0.1, -0.05) is 23.7 Å². The molecule has 1 aromatic carbocycles. The quantitative estimate of drug-likeness (QED) is 0.940. The van der Waals surface area contributed by atoms with Gasteiger partial charge in [0.05, 0.1) is 16.4 Å². The van der Waals surface area contributed by atoms with Crippen molar-refractivity contribution in [3.8, 4) is 0 Å². The lowest BCUT2D eigenvalue weighted by Gasteiger charge is -2.43. The maximum Gasteiger partial charge on any atom is 0.123 e. The summed E-state index contributed by atoms with van der Waals surface area (Å²) in [4.78, 5) is 0. The van der Waals surface area contributed by atoms with Gasteiger partial charge in [-0.3, -0.25) is 4.68 Å². The highest BCUT2D eigenvalue weighted by Crippen LogP contribution is 2.35. The summed E-state index contributed by atoms with van der Waals surface area (Å²) < 4.78 is 15.1. The standard InChI is InChI=1S/C16H19ClFN3/c1-3-21-14(15(17)11(2)20-21)8-16(9-19-10-16)12-4-6-13(18)7-5-12/h4-7,19H,3,8-10H2,1-2H3. The van der Waals surface area contributed by atoms with E-state index in [0.29, 0.717) is 0 Å². The van der Waals surface area contributed by atoms with Crippen molar-refractivity contribution >= 4 is 11.6 Å². The predicted molar refractivity (Wildman–Crippen MR) is 82.3 cm³/mol. The normalized spacial score (nSPS) is 16.8. The Bertz CT molecular complexity index is 644. The third-order valence-corrected chi connectivity index (χ3v) is 4.83. The summed E-state index contributed by atoms with van der Waals surface area (Å²) >= 11 is 6.43. The topological polar surface area (TPSA) is 29.9 Å². The molecule has 0 radical (unpaired) electrons. The van der Waals surface area contributed by atoms with Crippen LogP contribution in [-0.4, -0.2) is 22.9 Å². The molecule has 0 amide bonds. The first-order valence-corrected chi connectivity index (χ1v) is 7.62. The molecular weight excluding hydrogens is 289 g/mol. The van der Waals surface area contributed by atoms with Gasteiger partial charge in [0.1, 0.15) is 5.82 Å². The summed E-state index contributed by atoms with van der Waals surface area (Å²) in [6.45, 7) is 6.55. The van der Waals surface area contributed by atoms with Gasteiger partial charge in [0.2, 0.25) is 0 Å². The minimum atomic E-state index is -0.200. The van der Waals surface area contributed by atoms with E-state index in [1.807, 2.05) is 23.7 Å². The van der Waals surface area contributed by atoms with Crippen LogP contribution in [-0.2, 0) is 18.4 Å². The third kappa shape index (κ3) is 2.47. The van der Waals surface area contributed by atoms with Crippen molar-refractivity contribution in [2.75, 3.05) is 13.1 Å². The van der Waals surface area contributed by atoms with Crippen molar-refractivity contribution in [2.45, 2.75) is 32.2 Å². The fourth-order valence-corrected chi connectivity index (χ4v) is 3.22. The first kappa shape index (κ1) is 14.5. The summed E-state index contributed by atoms with van der Waals surface area (Å²) in [5.41, 5.74) is 3.08. The second-order valence-electron chi connectivity index (χ2n) is 5.73. The van der Waals surface area contributed by atoms with Gasteiger partial charge in [-0.05, 0) is 31.5 Å². The first-order valence-electron chi connectivity index (χ1n) is 7.24. The third-order valence-electron chi connectivity index (χ3n) is 4.34. The summed E-state index contributed by atoms with van der Waals surface area (Å²) in [5, 5.41) is 8.57. The molecule has 0 bridgehead atoms. The average molecular weight is 308 g/mol. The Morgan fingerprint density at radius 2 is 2.00 bits per heavy atom. The van der Waals surface area contributed by atoms with Crippen LogP contribution < -0.4 is 5.32 Å². The van der Waals surface area contributed by atoms with Crippen LogP contribution in [0, 0.1) is 12.7 Å². The lowest BCUT2D eigenvalue weighted by atomic mass is 9.72. The summed E-state index contributed by atoms with van der Waals surface area (Å²) in [7, 11) is 0. The molecule has 1 fully saturated rings. The van der Waals surface area contributed by atoms with E-state index in [1.54, 1.807) is 0 Å². The Morgan fingerprint density at radius 3 is 2.52 bits per heavy atom. The average Bonchev–Trinajstić information content (AvgIpc) is 2.71. The van der Waals surface area contributed by atoms with E-state index in [1.165, 1.54) is 12.1 Å². The molecule has 1 N–H and O–H groups in total. The van der Waals surface area contributed by atoms with Crippen LogP contribution >= 0.6 is 11.6 Å². The SMILES string of the molecule is CCn1nc(C)c(Cl)c1CC1(c2ccc(F)cc2)CNC1. The summed E-state index contributed by atoms with van der Waals surface area (Å²) in [6.07, 6.45) is 0.819. The summed E-state index contributed by atoms with van der Waals surface area (Å²) in [6, 6.07) is 6.81. The molecule has 1 saturated heterocycles. The fraction of sp³-hybridized carbons (Fsp3) is 0.438. The fourth-order valence-electron chi connectivity index (χ4n) is 3.02. The highest BCUT2D eigenvalue weighted by atomic mass is 35.5. The molecular formula is C16H19ClFN3. The molecule has 2 heterocycles. The molecule has 3 rings (SSSR count). The van der Waals surface area contributed by atoms with E-state index in [4.69, 9.17) is 11.6 Å². The number of nitrogens with one attached hydrogen (secondary N) is 1. The maximum atomic E-state index is 13.2. The van der Waals surface area contributed by atoms with Gasteiger partial charge in [0.25, 0.3) is 0 Å². The van der Waals surface area contributed by atoms with Crippen LogP contribution in [0.25, 0.3) is 0 Å². The van der Waals surface area contributed by atoms with Crippen LogP contribution in [0.5, 0.6) is 0 Å². The van der Waals surface area contributed by atoms with Crippen molar-refractivity contribution < 1.29 is 4.39 Å². The monoisotopic (exact) mass is 307 g/mol. The van der Waals surface area contributed by atoms with Gasteiger partial charge in [0, 0.05) is 31.5 Å². The van der Waals surface area contributed by atoms with Crippen molar-refractivity contribution in [1.29, 1.82) is 0 Å². The number of aryl methyl sites for hydroxylation is 2. The number of rotatable bonds is 4. The number of nitrogens with zero attached hydrogens (tertiary/aromatic N) is 2. The molecule has 0 saturated carbocycles. The van der Waals surface area contributed by atoms with Gasteiger partial charge in [-0.2, -0.15) is 5.10 Å². The Hall–Kier alpha value is -1.39. The minimum Gasteiger partial charge on any atom is -0.315 e. The van der Waals surface area contributed by atoms with Crippen LogP contribution in [0.1, 0.15) is 23.9 Å². The predicted octanol–water partition coefficient (Wildman–Crippen LogP) is 3.09. The van der Waals surface area contributed by atoms with Gasteiger partial charge in [0.15, 0.2) is 0 Å². The number of aromatic nitrogens is 2. The van der Waals surface area contributed by atoms with Crippen LogP contribution in [0.2, 0.25) is 5.02 Å². The van der Waals surface area contributed by atoms with Gasteiger partial charge < -0.3 is 5.32 Å². The van der Waals surface area contributed by atoms with Gasteiger partial charge in [-0.25, -0.2) is 4.39 Å². The lowest BCUT2D eigenvalue weighted by Crippen LogP contribution is -2.58. The van der Waals surface area contributed by atoms with E-state index in [-0.39, 0.29) is 11.2 Å². The molecule has 0 aliphatic carbocycles. The second-order valence-corrected chi connectivity index (χ2v) is 6.11. The Kier molecular flexibility index (Phi) is 3.76. The molecule has 0 unspecified atom stereocenters. The molecule has 0 spiro atoms. The molecule has 1 aliphatic heterocycles. The zero-order valence-electron chi connectivity index (χ0n) is 12.3. The van der Waals surface area contributed by atoms with Crippen molar-refractivity contribution in [1.82, 2.24) is 15.1 Å². The van der Waals surface area contributed by atoms with Crippen molar-refractivity contribution in [3.63, 3.8) is 0 Å². The molecule has 3 nitrogen and oxygen atoms in total. The number of hydrogen-bond donors (Lipinski definition) is 1. The van der Waals surface area contributed by atoms with Crippen LogP contribution in [0.15, 0.2) is 24.3 Å². The highest BCUT2D eigenvalue weighted by Gasteiger charge is 2.40. The number of hydrogen-bond acceptors (Lipinski definition) is 2. The zero-order chi connectivity index (χ0) is 15.0. The Balaban J connectivity index is 1.96. The van der Waals surface area contributed by atoms with Crippen molar-refractivity contribution in [3.05, 3.63) is 52.1 Å².